The average molecular weight is 258 g/mol. The second-order valence-corrected chi connectivity index (χ2v) is 4.36. The zero-order valence-electron chi connectivity index (χ0n) is 10.7. The average Bonchev–Trinajstić information content (AvgIpc) is 2.81. The van der Waals surface area contributed by atoms with E-state index in [4.69, 9.17) is 5.26 Å². The second kappa shape index (κ2) is 6.01. The first-order valence-electron chi connectivity index (χ1n) is 6.13. The predicted molar refractivity (Wildman–Crippen MR) is 71.3 cm³/mol. The van der Waals surface area contributed by atoms with E-state index in [1.54, 1.807) is 12.1 Å². The molecule has 0 amide bonds. The van der Waals surface area contributed by atoms with E-state index in [1.165, 1.54) is 11.6 Å². The first-order chi connectivity index (χ1) is 9.20. The summed E-state index contributed by atoms with van der Waals surface area (Å²) < 4.78 is 13.6. The third-order valence-corrected chi connectivity index (χ3v) is 2.97. The number of nitrogens with zero attached hydrogens (tertiary/aromatic N) is 2. The first-order valence-corrected chi connectivity index (χ1v) is 6.13. The zero-order chi connectivity index (χ0) is 13.7. The van der Waals surface area contributed by atoms with E-state index in [2.05, 4.69) is 15.5 Å². The van der Waals surface area contributed by atoms with Crippen LogP contribution in [-0.2, 0) is 6.42 Å². The highest BCUT2D eigenvalue weighted by Crippen LogP contribution is 2.15. The highest BCUT2D eigenvalue weighted by molar-refractivity contribution is 5.48. The van der Waals surface area contributed by atoms with Gasteiger partial charge in [-0.25, -0.2) is 4.39 Å². The normalized spacial score (nSPS) is 10.2. The number of anilines is 1. The molecular formula is C14H15FN4. The molecule has 0 unspecified atom stereocenters. The van der Waals surface area contributed by atoms with Crippen molar-refractivity contribution in [2.75, 3.05) is 11.9 Å². The topological polar surface area (TPSA) is 64.5 Å². The van der Waals surface area contributed by atoms with Crippen molar-refractivity contribution < 1.29 is 4.39 Å². The Hall–Kier alpha value is -2.35. The number of aromatic amines is 1. The van der Waals surface area contributed by atoms with Gasteiger partial charge in [-0.1, -0.05) is 0 Å². The van der Waals surface area contributed by atoms with Gasteiger partial charge in [-0.3, -0.25) is 5.10 Å². The molecule has 0 saturated heterocycles. The fourth-order valence-corrected chi connectivity index (χ4v) is 1.86. The van der Waals surface area contributed by atoms with E-state index >= 15 is 0 Å². The van der Waals surface area contributed by atoms with Gasteiger partial charge in [-0.2, -0.15) is 10.4 Å². The molecule has 2 rings (SSSR count). The summed E-state index contributed by atoms with van der Waals surface area (Å²) in [7, 11) is 0. The lowest BCUT2D eigenvalue weighted by molar-refractivity contribution is 0.629. The number of rotatable bonds is 5. The van der Waals surface area contributed by atoms with E-state index in [1.807, 2.05) is 19.2 Å². The number of hydrogen-bond donors (Lipinski definition) is 2. The Labute approximate surface area is 111 Å². The Morgan fingerprint density at radius 2 is 2.32 bits per heavy atom. The van der Waals surface area contributed by atoms with E-state index < -0.39 is 5.82 Å². The molecule has 2 N–H and O–H groups in total. The van der Waals surface area contributed by atoms with Crippen LogP contribution in [0.3, 0.4) is 0 Å². The SMILES string of the molecule is Cc1[nH]ncc1CCCNc1ccc(C#N)cc1F. The lowest BCUT2D eigenvalue weighted by Gasteiger charge is -2.07. The van der Waals surface area contributed by atoms with Crippen LogP contribution in [0.15, 0.2) is 24.4 Å². The maximum atomic E-state index is 13.6. The van der Waals surface area contributed by atoms with Crippen LogP contribution < -0.4 is 5.32 Å². The van der Waals surface area contributed by atoms with Crippen LogP contribution in [0.4, 0.5) is 10.1 Å². The lowest BCUT2D eigenvalue weighted by atomic mass is 10.1. The summed E-state index contributed by atoms with van der Waals surface area (Å²) in [5, 5.41) is 18.5. The predicted octanol–water partition coefficient (Wildman–Crippen LogP) is 2.77. The van der Waals surface area contributed by atoms with Crippen LogP contribution in [0, 0.1) is 24.1 Å². The number of aromatic nitrogens is 2. The van der Waals surface area contributed by atoms with Gasteiger partial charge in [-0.05, 0) is 43.5 Å². The fourth-order valence-electron chi connectivity index (χ4n) is 1.86. The van der Waals surface area contributed by atoms with Gasteiger partial charge in [0.1, 0.15) is 5.82 Å². The van der Waals surface area contributed by atoms with Crippen LogP contribution in [0.5, 0.6) is 0 Å². The maximum Gasteiger partial charge on any atom is 0.147 e. The van der Waals surface area contributed by atoms with Crippen LogP contribution in [0.2, 0.25) is 0 Å². The van der Waals surface area contributed by atoms with Crippen molar-refractivity contribution in [3.8, 4) is 6.07 Å². The molecule has 98 valence electrons. The molecule has 0 atom stereocenters. The summed E-state index contributed by atoms with van der Waals surface area (Å²) in [6.45, 7) is 2.66. The van der Waals surface area contributed by atoms with E-state index in [9.17, 15) is 4.39 Å². The third-order valence-electron chi connectivity index (χ3n) is 2.97. The van der Waals surface area contributed by atoms with Crippen LogP contribution in [0.1, 0.15) is 23.2 Å². The zero-order valence-corrected chi connectivity index (χ0v) is 10.7. The Balaban J connectivity index is 1.83. The number of H-pyrrole nitrogens is 1. The smallest absolute Gasteiger partial charge is 0.147 e. The summed E-state index contributed by atoms with van der Waals surface area (Å²) in [5.41, 5.74) is 3.02. The van der Waals surface area contributed by atoms with Crippen molar-refractivity contribution in [2.24, 2.45) is 0 Å². The van der Waals surface area contributed by atoms with Crippen molar-refractivity contribution in [1.82, 2.24) is 10.2 Å². The number of benzene rings is 1. The van der Waals surface area contributed by atoms with E-state index in [0.717, 1.165) is 18.5 Å². The number of nitrogens with one attached hydrogen (secondary N) is 2. The lowest BCUT2D eigenvalue weighted by Crippen LogP contribution is -2.05. The van der Waals surface area contributed by atoms with E-state index in [-0.39, 0.29) is 0 Å². The Morgan fingerprint density at radius 1 is 1.47 bits per heavy atom. The molecule has 19 heavy (non-hydrogen) atoms. The summed E-state index contributed by atoms with van der Waals surface area (Å²) in [6.07, 6.45) is 3.60. The largest absolute Gasteiger partial charge is 0.383 e. The summed E-state index contributed by atoms with van der Waals surface area (Å²) >= 11 is 0. The molecular weight excluding hydrogens is 243 g/mol. The number of aryl methyl sites for hydroxylation is 2. The monoisotopic (exact) mass is 258 g/mol. The molecule has 0 fully saturated rings. The second-order valence-electron chi connectivity index (χ2n) is 4.36. The molecule has 1 aromatic carbocycles. The molecule has 0 saturated carbocycles. The molecule has 0 radical (unpaired) electrons. The van der Waals surface area contributed by atoms with Crippen LogP contribution in [0.25, 0.3) is 0 Å². The highest BCUT2D eigenvalue weighted by Gasteiger charge is 2.03. The third kappa shape index (κ3) is 3.32. The standard InChI is InChI=1S/C14H15FN4/c1-10-12(9-18-19-10)3-2-6-17-14-5-4-11(8-16)7-13(14)15/h4-5,7,9,17H,2-3,6H2,1H3,(H,18,19). The summed E-state index contributed by atoms with van der Waals surface area (Å²) in [4.78, 5) is 0. The van der Waals surface area contributed by atoms with Gasteiger partial charge in [0.25, 0.3) is 0 Å². The van der Waals surface area contributed by atoms with Gasteiger partial charge >= 0.3 is 0 Å². The molecule has 0 spiro atoms. The van der Waals surface area contributed by atoms with Crippen LogP contribution in [-0.4, -0.2) is 16.7 Å². The minimum absolute atomic E-state index is 0.331. The van der Waals surface area contributed by atoms with E-state index in [0.29, 0.717) is 17.8 Å². The number of nitriles is 1. The van der Waals surface area contributed by atoms with Gasteiger partial charge in [0.15, 0.2) is 0 Å². The minimum atomic E-state index is -0.390. The first kappa shape index (κ1) is 13.1. The molecule has 0 aliphatic heterocycles. The molecule has 2 aromatic rings. The highest BCUT2D eigenvalue weighted by atomic mass is 19.1. The quantitative estimate of drug-likeness (QED) is 0.810. The van der Waals surface area contributed by atoms with Gasteiger partial charge in [0.2, 0.25) is 0 Å². The Bertz CT molecular complexity index is 598. The summed E-state index contributed by atoms with van der Waals surface area (Å²) in [5.74, 6) is -0.390. The van der Waals surface area contributed by atoms with Crippen molar-refractivity contribution in [3.63, 3.8) is 0 Å². The van der Waals surface area contributed by atoms with Crippen molar-refractivity contribution in [2.45, 2.75) is 19.8 Å². The molecule has 1 aromatic heterocycles. The van der Waals surface area contributed by atoms with Gasteiger partial charge < -0.3 is 5.32 Å². The Morgan fingerprint density at radius 3 is 2.95 bits per heavy atom. The summed E-state index contributed by atoms with van der Waals surface area (Å²) in [6, 6.07) is 6.34. The van der Waals surface area contributed by atoms with Crippen LogP contribution >= 0.6 is 0 Å². The van der Waals surface area contributed by atoms with Crippen molar-refractivity contribution in [1.29, 1.82) is 5.26 Å². The number of halogens is 1. The number of hydrogen-bond acceptors (Lipinski definition) is 3. The molecule has 1 heterocycles. The van der Waals surface area contributed by atoms with Gasteiger partial charge in [-0.15, -0.1) is 0 Å². The van der Waals surface area contributed by atoms with Crippen molar-refractivity contribution >= 4 is 5.69 Å². The van der Waals surface area contributed by atoms with Gasteiger partial charge in [0.05, 0.1) is 23.5 Å². The molecule has 4 nitrogen and oxygen atoms in total. The molecule has 0 aliphatic carbocycles. The molecule has 5 heteroatoms. The molecule has 0 aliphatic rings. The molecule has 0 bridgehead atoms. The maximum absolute atomic E-state index is 13.6. The Kier molecular flexibility index (Phi) is 4.14. The minimum Gasteiger partial charge on any atom is -0.383 e. The van der Waals surface area contributed by atoms with Crippen molar-refractivity contribution in [3.05, 3.63) is 47.0 Å². The van der Waals surface area contributed by atoms with Gasteiger partial charge in [0, 0.05) is 12.2 Å². The fraction of sp³-hybridized carbons (Fsp3) is 0.286.